The van der Waals surface area contributed by atoms with E-state index in [1.54, 1.807) is 7.11 Å². The first-order valence-corrected chi connectivity index (χ1v) is 8.38. The van der Waals surface area contributed by atoms with Gasteiger partial charge in [0.1, 0.15) is 12.8 Å². The standard InChI is InChI=1S/C22H20N2O/c1-15-4-11-22-16(12-15)5-7-18(24(22)2)8-6-17-14-23-21-10-9-19(25-3)13-20(17)21/h4-14H,1-3H3/p+1. The summed E-state index contributed by atoms with van der Waals surface area (Å²) in [7, 11) is 3.80. The Morgan fingerprint density at radius 3 is 2.72 bits per heavy atom. The van der Waals surface area contributed by atoms with Crippen molar-refractivity contribution in [2.45, 2.75) is 6.92 Å². The van der Waals surface area contributed by atoms with Crippen molar-refractivity contribution in [2.24, 2.45) is 7.05 Å². The molecule has 0 saturated heterocycles. The Morgan fingerprint density at radius 2 is 1.88 bits per heavy atom. The summed E-state index contributed by atoms with van der Waals surface area (Å²) in [6, 6.07) is 17.0. The van der Waals surface area contributed by atoms with E-state index in [2.05, 4.69) is 72.1 Å². The van der Waals surface area contributed by atoms with Crippen molar-refractivity contribution in [3.63, 3.8) is 0 Å². The van der Waals surface area contributed by atoms with Gasteiger partial charge >= 0.3 is 0 Å². The number of methoxy groups -OCH3 is 1. The number of rotatable bonds is 3. The number of aromatic amines is 1. The Labute approximate surface area is 147 Å². The van der Waals surface area contributed by atoms with Gasteiger partial charge in [-0.3, -0.25) is 0 Å². The van der Waals surface area contributed by atoms with Crippen LogP contribution in [0.5, 0.6) is 5.75 Å². The van der Waals surface area contributed by atoms with Crippen LogP contribution in [0.2, 0.25) is 0 Å². The highest BCUT2D eigenvalue weighted by Crippen LogP contribution is 2.25. The molecule has 2 aromatic carbocycles. The van der Waals surface area contributed by atoms with Gasteiger partial charge in [0.15, 0.2) is 0 Å². The molecule has 0 radical (unpaired) electrons. The largest absolute Gasteiger partial charge is 0.497 e. The number of aryl methyl sites for hydroxylation is 2. The zero-order chi connectivity index (χ0) is 17.4. The highest BCUT2D eigenvalue weighted by molar-refractivity contribution is 5.92. The third-order valence-corrected chi connectivity index (χ3v) is 4.72. The molecule has 0 aliphatic carbocycles. The molecule has 0 saturated carbocycles. The molecule has 0 amide bonds. The van der Waals surface area contributed by atoms with Gasteiger partial charge in [-0.1, -0.05) is 11.6 Å². The Morgan fingerprint density at radius 1 is 1.00 bits per heavy atom. The number of hydrogen-bond donors (Lipinski definition) is 1. The third-order valence-electron chi connectivity index (χ3n) is 4.72. The normalized spacial score (nSPS) is 11.6. The van der Waals surface area contributed by atoms with E-state index in [9.17, 15) is 0 Å². The first kappa shape index (κ1) is 15.5. The van der Waals surface area contributed by atoms with Crippen LogP contribution in [0, 0.1) is 6.92 Å². The molecule has 0 atom stereocenters. The maximum Gasteiger partial charge on any atom is 0.212 e. The van der Waals surface area contributed by atoms with Crippen LogP contribution < -0.4 is 9.30 Å². The summed E-state index contributed by atoms with van der Waals surface area (Å²) in [6.45, 7) is 2.12. The predicted octanol–water partition coefficient (Wildman–Crippen LogP) is 4.63. The number of aromatic nitrogens is 2. The van der Waals surface area contributed by atoms with Gasteiger partial charge in [-0.05, 0) is 43.3 Å². The maximum atomic E-state index is 5.34. The number of fused-ring (bicyclic) bond motifs is 2. The fourth-order valence-electron chi connectivity index (χ4n) is 3.27. The van der Waals surface area contributed by atoms with Crippen LogP contribution in [0.3, 0.4) is 0 Å². The zero-order valence-electron chi connectivity index (χ0n) is 14.7. The lowest BCUT2D eigenvalue weighted by Gasteiger charge is -2.01. The van der Waals surface area contributed by atoms with Crippen molar-refractivity contribution in [1.29, 1.82) is 0 Å². The van der Waals surface area contributed by atoms with Crippen molar-refractivity contribution in [3.8, 4) is 5.75 Å². The summed E-state index contributed by atoms with van der Waals surface area (Å²) >= 11 is 0. The second kappa shape index (κ2) is 6.10. The van der Waals surface area contributed by atoms with Crippen molar-refractivity contribution in [3.05, 3.63) is 71.5 Å². The van der Waals surface area contributed by atoms with E-state index in [-0.39, 0.29) is 0 Å². The minimum absolute atomic E-state index is 0.869. The molecule has 2 aromatic heterocycles. The van der Waals surface area contributed by atoms with Crippen LogP contribution in [0.15, 0.2) is 54.7 Å². The van der Waals surface area contributed by atoms with Gasteiger partial charge in [-0.2, -0.15) is 4.57 Å². The van der Waals surface area contributed by atoms with Crippen LogP contribution in [-0.4, -0.2) is 12.1 Å². The molecule has 0 fully saturated rings. The van der Waals surface area contributed by atoms with E-state index in [1.165, 1.54) is 16.5 Å². The fourth-order valence-corrected chi connectivity index (χ4v) is 3.27. The molecule has 25 heavy (non-hydrogen) atoms. The number of nitrogens with zero attached hydrogens (tertiary/aromatic N) is 1. The molecular formula is C22H21N2O+. The number of nitrogens with one attached hydrogen (secondary N) is 1. The van der Waals surface area contributed by atoms with Crippen LogP contribution in [-0.2, 0) is 7.05 Å². The first-order chi connectivity index (χ1) is 12.2. The highest BCUT2D eigenvalue weighted by atomic mass is 16.5. The number of benzene rings is 2. The van der Waals surface area contributed by atoms with Gasteiger partial charge in [-0.25, -0.2) is 0 Å². The van der Waals surface area contributed by atoms with Crippen LogP contribution in [0.4, 0.5) is 0 Å². The summed E-state index contributed by atoms with van der Waals surface area (Å²) < 4.78 is 7.57. The first-order valence-electron chi connectivity index (χ1n) is 8.38. The monoisotopic (exact) mass is 329 g/mol. The molecule has 1 N–H and O–H groups in total. The van der Waals surface area contributed by atoms with Crippen LogP contribution in [0.25, 0.3) is 34.0 Å². The molecule has 4 rings (SSSR count). The van der Waals surface area contributed by atoms with Crippen molar-refractivity contribution in [1.82, 2.24) is 4.98 Å². The van der Waals surface area contributed by atoms with Gasteiger partial charge in [0.2, 0.25) is 11.2 Å². The Hall–Kier alpha value is -3.07. The van der Waals surface area contributed by atoms with Crippen LogP contribution in [0.1, 0.15) is 16.8 Å². The third kappa shape index (κ3) is 2.78. The lowest BCUT2D eigenvalue weighted by molar-refractivity contribution is -0.646. The quantitative estimate of drug-likeness (QED) is 0.545. The van der Waals surface area contributed by atoms with Crippen molar-refractivity contribution in [2.75, 3.05) is 7.11 Å². The molecule has 0 unspecified atom stereocenters. The topological polar surface area (TPSA) is 28.9 Å². The molecule has 0 aliphatic heterocycles. The minimum atomic E-state index is 0.869. The van der Waals surface area contributed by atoms with E-state index in [4.69, 9.17) is 4.74 Å². The van der Waals surface area contributed by atoms with E-state index >= 15 is 0 Å². The smallest absolute Gasteiger partial charge is 0.212 e. The van der Waals surface area contributed by atoms with E-state index in [0.29, 0.717) is 0 Å². The highest BCUT2D eigenvalue weighted by Gasteiger charge is 2.10. The molecule has 124 valence electrons. The molecule has 0 spiro atoms. The Balaban J connectivity index is 1.76. The van der Waals surface area contributed by atoms with E-state index < -0.39 is 0 Å². The van der Waals surface area contributed by atoms with Gasteiger partial charge in [-0.15, -0.1) is 0 Å². The average molecular weight is 329 g/mol. The van der Waals surface area contributed by atoms with E-state index in [0.717, 1.165) is 27.9 Å². The van der Waals surface area contributed by atoms with Crippen molar-refractivity contribution >= 4 is 34.0 Å². The number of H-pyrrole nitrogens is 1. The summed E-state index contributed by atoms with van der Waals surface area (Å²) in [4.78, 5) is 3.31. The summed E-state index contributed by atoms with van der Waals surface area (Å²) in [6.07, 6.45) is 6.33. The Kier molecular flexibility index (Phi) is 3.77. The minimum Gasteiger partial charge on any atom is -0.497 e. The molecule has 4 aromatic rings. The molecule has 3 nitrogen and oxygen atoms in total. The Bertz CT molecular complexity index is 1110. The SMILES string of the molecule is COc1ccc2[nH]cc(C=Cc3ccc4cc(C)ccc4[n+]3C)c2c1. The zero-order valence-corrected chi connectivity index (χ0v) is 14.7. The number of hydrogen-bond acceptors (Lipinski definition) is 1. The second-order valence-corrected chi connectivity index (χ2v) is 6.37. The second-order valence-electron chi connectivity index (χ2n) is 6.37. The van der Waals surface area contributed by atoms with Crippen LogP contribution >= 0.6 is 0 Å². The lowest BCUT2D eigenvalue weighted by atomic mass is 10.1. The summed E-state index contributed by atoms with van der Waals surface area (Å²) in [5, 5.41) is 2.42. The fraction of sp³-hybridized carbons (Fsp3) is 0.136. The maximum absolute atomic E-state index is 5.34. The van der Waals surface area contributed by atoms with Crippen molar-refractivity contribution < 1.29 is 9.30 Å². The summed E-state index contributed by atoms with van der Waals surface area (Å²) in [5.74, 6) is 0.869. The molecule has 3 heteroatoms. The molecule has 0 aliphatic rings. The molecule has 2 heterocycles. The van der Waals surface area contributed by atoms with Gasteiger partial charge in [0.05, 0.1) is 7.11 Å². The average Bonchev–Trinajstić information content (AvgIpc) is 3.03. The number of ether oxygens (including phenoxy) is 1. The van der Waals surface area contributed by atoms with Gasteiger partial charge in [0, 0.05) is 46.3 Å². The molecular weight excluding hydrogens is 308 g/mol. The predicted molar refractivity (Wildman–Crippen MR) is 104 cm³/mol. The lowest BCUT2D eigenvalue weighted by Crippen LogP contribution is -2.32. The molecule has 0 bridgehead atoms. The van der Waals surface area contributed by atoms with E-state index in [1.807, 2.05) is 18.3 Å². The number of pyridine rings is 1. The van der Waals surface area contributed by atoms with Gasteiger partial charge in [0.25, 0.3) is 0 Å². The summed E-state index contributed by atoms with van der Waals surface area (Å²) in [5.41, 5.74) is 5.93. The van der Waals surface area contributed by atoms with Gasteiger partial charge < -0.3 is 9.72 Å².